The fraction of sp³-hybridized carbons (Fsp3) is 0.615. The summed E-state index contributed by atoms with van der Waals surface area (Å²) in [7, 11) is 1.66. The zero-order chi connectivity index (χ0) is 22.3. The van der Waals surface area contributed by atoms with Gasteiger partial charge in [0.05, 0.1) is 13.3 Å². The minimum Gasteiger partial charge on any atom is -0.497 e. The monoisotopic (exact) mass is 438 g/mol. The van der Waals surface area contributed by atoms with Gasteiger partial charge >= 0.3 is 0 Å². The second-order valence-corrected chi connectivity index (χ2v) is 9.65. The Labute approximate surface area is 192 Å². The average Bonchev–Trinajstić information content (AvgIpc) is 3.28. The first kappa shape index (κ1) is 22.8. The summed E-state index contributed by atoms with van der Waals surface area (Å²) >= 11 is 0. The molecule has 1 amide bonds. The van der Waals surface area contributed by atoms with Crippen molar-refractivity contribution < 1.29 is 9.53 Å². The molecule has 32 heavy (non-hydrogen) atoms. The Balaban J connectivity index is 1.26. The van der Waals surface area contributed by atoms with Gasteiger partial charge in [0.15, 0.2) is 0 Å². The molecule has 1 aliphatic carbocycles. The number of hydrogen-bond donors (Lipinski definition) is 2. The van der Waals surface area contributed by atoms with E-state index < -0.39 is 0 Å². The van der Waals surface area contributed by atoms with E-state index in [1.807, 2.05) is 31.3 Å². The Morgan fingerprint density at radius 3 is 2.84 bits per heavy atom. The number of rotatable bonds is 8. The van der Waals surface area contributed by atoms with Crippen molar-refractivity contribution in [2.45, 2.75) is 77.2 Å². The summed E-state index contributed by atoms with van der Waals surface area (Å²) in [5, 5.41) is 10.8. The molecule has 1 unspecified atom stereocenters. The molecule has 1 aromatic heterocycles. The fourth-order valence-electron chi connectivity index (χ4n) is 5.41. The molecule has 1 aliphatic heterocycles. The molecule has 0 bridgehead atoms. The highest BCUT2D eigenvalue weighted by Crippen LogP contribution is 2.34. The number of nitrogens with one attached hydrogen (secondary N) is 2. The molecule has 1 saturated heterocycles. The first-order valence-corrected chi connectivity index (χ1v) is 12.3. The third-order valence-corrected chi connectivity index (χ3v) is 7.25. The summed E-state index contributed by atoms with van der Waals surface area (Å²) in [5.74, 6) is 2.15. The van der Waals surface area contributed by atoms with Crippen molar-refractivity contribution >= 4 is 11.6 Å². The lowest BCUT2D eigenvalue weighted by Crippen LogP contribution is -2.35. The predicted molar refractivity (Wildman–Crippen MR) is 128 cm³/mol. The molecule has 2 N–H and O–H groups in total. The quantitative estimate of drug-likeness (QED) is 0.578. The van der Waals surface area contributed by atoms with E-state index in [0.29, 0.717) is 18.3 Å². The first-order chi connectivity index (χ1) is 15.6. The van der Waals surface area contributed by atoms with Gasteiger partial charge in [-0.15, -0.1) is 0 Å². The van der Waals surface area contributed by atoms with E-state index >= 15 is 0 Å². The van der Waals surface area contributed by atoms with E-state index in [0.717, 1.165) is 43.1 Å². The fourth-order valence-corrected chi connectivity index (χ4v) is 5.41. The number of aromatic amines is 1. The molecule has 1 atom stereocenters. The van der Waals surface area contributed by atoms with Gasteiger partial charge in [0.25, 0.3) is 0 Å². The molecule has 6 nitrogen and oxygen atoms in total. The predicted octanol–water partition coefficient (Wildman–Crippen LogP) is 5.41. The van der Waals surface area contributed by atoms with Crippen LogP contribution in [0.25, 0.3) is 0 Å². The number of carbonyl (C=O) groups excluding carboxylic acids is 1. The van der Waals surface area contributed by atoms with Crippen LogP contribution < -0.4 is 10.1 Å². The molecule has 2 aromatic rings. The van der Waals surface area contributed by atoms with Crippen LogP contribution in [0, 0.1) is 12.8 Å². The van der Waals surface area contributed by atoms with Crippen LogP contribution in [0.3, 0.4) is 0 Å². The highest BCUT2D eigenvalue weighted by Gasteiger charge is 2.24. The summed E-state index contributed by atoms with van der Waals surface area (Å²) < 4.78 is 5.25. The van der Waals surface area contributed by atoms with Crippen molar-refractivity contribution in [3.63, 3.8) is 0 Å². The minimum atomic E-state index is 0.102. The summed E-state index contributed by atoms with van der Waals surface area (Å²) in [6.07, 6.45) is 12.6. The van der Waals surface area contributed by atoms with Crippen LogP contribution in [0.4, 0.5) is 5.69 Å². The lowest BCUT2D eigenvalue weighted by molar-refractivity contribution is -0.116. The lowest BCUT2D eigenvalue weighted by atomic mass is 9.85. The largest absolute Gasteiger partial charge is 0.497 e. The number of hydrogen-bond acceptors (Lipinski definition) is 4. The number of piperidine rings is 1. The number of ether oxygens (including phenoxy) is 1. The van der Waals surface area contributed by atoms with Gasteiger partial charge in [-0.3, -0.25) is 14.8 Å². The van der Waals surface area contributed by atoms with Crippen molar-refractivity contribution in [3.05, 3.63) is 41.2 Å². The second-order valence-electron chi connectivity index (χ2n) is 9.65. The van der Waals surface area contributed by atoms with Crippen molar-refractivity contribution in [2.24, 2.45) is 5.92 Å². The van der Waals surface area contributed by atoms with E-state index in [1.165, 1.54) is 56.2 Å². The standard InChI is InChI=1S/C26H38N4O2/c1-19-15-23(32-2)11-12-24(19)28-25(31)13-10-20-7-6-14-30(17-20)18-22-16-27-29-26(22)21-8-4-3-5-9-21/h11-12,15-16,20-21H,3-10,13-14,17-18H2,1-2H3,(H,27,29)(H,28,31). The molecular weight excluding hydrogens is 400 g/mol. The number of aryl methyl sites for hydroxylation is 1. The molecule has 4 rings (SSSR count). The van der Waals surface area contributed by atoms with Gasteiger partial charge in [-0.25, -0.2) is 0 Å². The van der Waals surface area contributed by atoms with E-state index in [4.69, 9.17) is 4.74 Å². The van der Waals surface area contributed by atoms with Gasteiger partial charge in [0.2, 0.25) is 5.91 Å². The summed E-state index contributed by atoms with van der Waals surface area (Å²) in [4.78, 5) is 15.1. The highest BCUT2D eigenvalue weighted by atomic mass is 16.5. The van der Waals surface area contributed by atoms with Gasteiger partial charge in [0.1, 0.15) is 5.75 Å². The number of H-pyrrole nitrogens is 1. The van der Waals surface area contributed by atoms with Crippen LogP contribution in [0.5, 0.6) is 5.75 Å². The number of carbonyl (C=O) groups is 1. The first-order valence-electron chi connectivity index (χ1n) is 12.3. The topological polar surface area (TPSA) is 70.2 Å². The summed E-state index contributed by atoms with van der Waals surface area (Å²) in [6.45, 7) is 5.19. The third-order valence-electron chi connectivity index (χ3n) is 7.25. The number of amides is 1. The van der Waals surface area contributed by atoms with Gasteiger partial charge in [-0.05, 0) is 75.3 Å². The van der Waals surface area contributed by atoms with E-state index in [9.17, 15) is 4.79 Å². The molecule has 1 saturated carbocycles. The van der Waals surface area contributed by atoms with Crippen LogP contribution in [0.2, 0.25) is 0 Å². The smallest absolute Gasteiger partial charge is 0.224 e. The molecule has 0 radical (unpaired) electrons. The Morgan fingerprint density at radius 2 is 2.06 bits per heavy atom. The Kier molecular flexibility index (Phi) is 7.85. The van der Waals surface area contributed by atoms with Gasteiger partial charge in [-0.1, -0.05) is 19.3 Å². The highest BCUT2D eigenvalue weighted by molar-refractivity contribution is 5.91. The maximum absolute atomic E-state index is 12.6. The number of anilines is 1. The van der Waals surface area contributed by atoms with Crippen LogP contribution in [0.15, 0.2) is 24.4 Å². The van der Waals surface area contributed by atoms with Crippen molar-refractivity contribution in [1.29, 1.82) is 0 Å². The molecule has 0 spiro atoms. The number of aromatic nitrogens is 2. The van der Waals surface area contributed by atoms with Crippen molar-refractivity contribution in [2.75, 3.05) is 25.5 Å². The summed E-state index contributed by atoms with van der Waals surface area (Å²) in [6, 6.07) is 5.76. The van der Waals surface area contributed by atoms with Crippen LogP contribution in [0.1, 0.15) is 80.5 Å². The zero-order valence-corrected chi connectivity index (χ0v) is 19.7. The average molecular weight is 439 g/mol. The summed E-state index contributed by atoms with van der Waals surface area (Å²) in [5.41, 5.74) is 4.65. The molecular formula is C26H38N4O2. The maximum atomic E-state index is 12.6. The molecule has 2 fully saturated rings. The lowest BCUT2D eigenvalue weighted by Gasteiger charge is -2.33. The normalized spacial score (nSPS) is 20.2. The van der Waals surface area contributed by atoms with Gasteiger partial charge in [0, 0.05) is 42.4 Å². The Hall–Kier alpha value is -2.34. The van der Waals surface area contributed by atoms with Gasteiger partial charge in [-0.2, -0.15) is 5.10 Å². The Morgan fingerprint density at radius 1 is 1.22 bits per heavy atom. The minimum absolute atomic E-state index is 0.102. The zero-order valence-electron chi connectivity index (χ0n) is 19.7. The molecule has 2 heterocycles. The van der Waals surface area contributed by atoms with E-state index in [2.05, 4.69) is 20.4 Å². The number of benzene rings is 1. The van der Waals surface area contributed by atoms with Crippen molar-refractivity contribution in [1.82, 2.24) is 15.1 Å². The number of nitrogens with zero attached hydrogens (tertiary/aromatic N) is 2. The third kappa shape index (κ3) is 5.91. The van der Waals surface area contributed by atoms with E-state index in [-0.39, 0.29) is 5.91 Å². The number of likely N-dealkylation sites (tertiary alicyclic amines) is 1. The Bertz CT molecular complexity index is 888. The van der Waals surface area contributed by atoms with Crippen molar-refractivity contribution in [3.8, 4) is 5.75 Å². The SMILES string of the molecule is COc1ccc(NC(=O)CCC2CCCN(Cc3cn[nH]c3C3CCCCC3)C2)c(C)c1. The maximum Gasteiger partial charge on any atom is 0.224 e. The molecule has 174 valence electrons. The van der Waals surface area contributed by atoms with Crippen LogP contribution in [-0.2, 0) is 11.3 Å². The van der Waals surface area contributed by atoms with Crippen LogP contribution in [-0.4, -0.2) is 41.2 Å². The van der Waals surface area contributed by atoms with Crippen LogP contribution >= 0.6 is 0 Å². The number of methoxy groups -OCH3 is 1. The van der Waals surface area contributed by atoms with E-state index in [1.54, 1.807) is 7.11 Å². The second kappa shape index (κ2) is 11.0. The molecule has 2 aliphatic rings. The molecule has 1 aromatic carbocycles. The molecule has 6 heteroatoms. The van der Waals surface area contributed by atoms with Gasteiger partial charge < -0.3 is 10.1 Å².